The third-order valence-electron chi connectivity index (χ3n) is 15.9. The Morgan fingerprint density at radius 3 is 1.28 bits per heavy atom. The average molecular weight is 1250 g/mol. The molecule has 15 heteroatoms. The fourth-order valence-electron chi connectivity index (χ4n) is 11.0. The first-order chi connectivity index (χ1) is 38.0. The molecule has 0 unspecified atom stereocenters. The Kier molecular flexibility index (Phi) is 20.2. The molecule has 78 heavy (non-hydrogen) atoms. The fourth-order valence-corrected chi connectivity index (χ4v) is 12.3. The van der Waals surface area contributed by atoms with Crippen LogP contribution in [0.15, 0.2) is 159 Å². The molecule has 3 aliphatic carbocycles. The number of amides is 1. The summed E-state index contributed by atoms with van der Waals surface area (Å²) in [5, 5.41) is 12.0. The Morgan fingerprint density at radius 1 is 0.487 bits per heavy atom. The summed E-state index contributed by atoms with van der Waals surface area (Å²) in [6, 6.07) is 50.0. The summed E-state index contributed by atoms with van der Waals surface area (Å²) in [4.78, 5) is 35.2. The zero-order valence-electron chi connectivity index (χ0n) is 45.0. The molecule has 0 spiro atoms. The smallest absolute Gasteiger partial charge is 0.307 e. The quantitative estimate of drug-likeness (QED) is 0.115. The molecule has 3 heterocycles. The average Bonchev–Trinajstić information content (AvgIpc) is 4.40. The first-order valence-electron chi connectivity index (χ1n) is 27.4. The molecular weight excluding hydrogens is 1180 g/mol. The van der Waals surface area contributed by atoms with Crippen molar-refractivity contribution in [3.8, 4) is 17.2 Å². The highest BCUT2D eigenvalue weighted by molar-refractivity contribution is 9.11. The van der Waals surface area contributed by atoms with Gasteiger partial charge < -0.3 is 44.2 Å². The van der Waals surface area contributed by atoms with E-state index in [2.05, 4.69) is 164 Å². The summed E-state index contributed by atoms with van der Waals surface area (Å²) in [6.45, 7) is 13.3. The summed E-state index contributed by atoms with van der Waals surface area (Å²) >= 11 is 10.5. The number of carboxylic acids is 1. The van der Waals surface area contributed by atoms with Gasteiger partial charge in [0.25, 0.3) is 0 Å². The molecule has 3 saturated carbocycles. The molecule has 0 aromatic heterocycles. The van der Waals surface area contributed by atoms with Crippen LogP contribution in [0.25, 0.3) is 0 Å². The Balaban J connectivity index is 0.000000132. The van der Waals surface area contributed by atoms with Crippen LogP contribution in [0, 0.1) is 17.8 Å². The lowest BCUT2D eigenvalue weighted by Gasteiger charge is -2.36. The number of anilines is 3. The maximum Gasteiger partial charge on any atom is 0.307 e. The van der Waals surface area contributed by atoms with Gasteiger partial charge in [-0.2, -0.15) is 0 Å². The van der Waals surface area contributed by atoms with Crippen molar-refractivity contribution in [3.63, 3.8) is 0 Å². The van der Waals surface area contributed by atoms with E-state index < -0.39 is 5.97 Å². The van der Waals surface area contributed by atoms with Crippen LogP contribution in [-0.2, 0) is 9.59 Å². The number of benzene rings is 6. The lowest BCUT2D eigenvalue weighted by Crippen LogP contribution is -2.49. The normalized spacial score (nSPS) is 22.2. The van der Waals surface area contributed by atoms with Crippen molar-refractivity contribution >= 4 is 76.7 Å². The number of carbonyl (C=O) groups is 2. The van der Waals surface area contributed by atoms with Gasteiger partial charge in [0.2, 0.25) is 5.91 Å². The molecular formula is C63H73Br3N6O6. The molecule has 0 bridgehead atoms. The van der Waals surface area contributed by atoms with Crippen molar-refractivity contribution in [1.29, 1.82) is 0 Å². The van der Waals surface area contributed by atoms with Crippen LogP contribution >= 0.6 is 47.8 Å². The molecule has 6 aromatic rings. The second kappa shape index (κ2) is 27.5. The van der Waals surface area contributed by atoms with Crippen molar-refractivity contribution in [3.05, 3.63) is 176 Å². The molecule has 6 aromatic carbocycles. The van der Waals surface area contributed by atoms with E-state index in [1.807, 2.05) is 59.5 Å². The van der Waals surface area contributed by atoms with Gasteiger partial charge >= 0.3 is 5.97 Å². The number of aliphatic carboxylic acids is 1. The van der Waals surface area contributed by atoms with E-state index in [1.165, 1.54) is 35.5 Å². The second-order valence-corrected chi connectivity index (χ2v) is 23.4. The first-order valence-corrected chi connectivity index (χ1v) is 29.7. The van der Waals surface area contributed by atoms with Gasteiger partial charge in [0.1, 0.15) is 17.2 Å². The van der Waals surface area contributed by atoms with E-state index in [4.69, 9.17) is 19.3 Å². The molecule has 12 nitrogen and oxygen atoms in total. The molecule has 6 atom stereocenters. The number of piperazine rings is 3. The molecule has 0 radical (unpaired) electrons. The van der Waals surface area contributed by atoms with Crippen LogP contribution in [0.3, 0.4) is 0 Å². The van der Waals surface area contributed by atoms with E-state index in [0.717, 1.165) is 145 Å². The summed E-state index contributed by atoms with van der Waals surface area (Å²) in [5.74, 6) is 4.66. The predicted molar refractivity (Wildman–Crippen MR) is 324 cm³/mol. The molecule has 2 N–H and O–H groups in total. The van der Waals surface area contributed by atoms with Crippen molar-refractivity contribution in [2.75, 3.05) is 121 Å². The standard InChI is InChI=1S/C21H23BrN2O2.C21H25BrN2O.C11H15BrN2O.C10H10O2/c1-26-20-13-16(7-8-19(20)22)23-9-11-24(12-10-23)21(25)18-14-17(18)15-5-3-2-4-6-15;1-25-21-14-18(7-8-20(21)22)24-11-9-23(10-12-24)15-17-13-19(17)16-5-3-2-4-6-16;1-15-11-8-9(2-3-10(11)12)14-6-4-13-5-7-14;11-10(12)9-6-8(9)7-4-2-1-3-5-7/h2-8,13,17-18H,9-12,14H2,1H3;2-8,14,17,19H,9-13,15H2,1H3;2-3,8,13H,4-7H2,1H3;1-5,8-9H,6H2,(H,11,12)/t17-,18-;17-,19+;;8-,9-/m10.1/s1. The van der Waals surface area contributed by atoms with E-state index >= 15 is 0 Å². The maximum absolute atomic E-state index is 12.8. The largest absolute Gasteiger partial charge is 0.495 e. The molecule has 3 aliphatic heterocycles. The molecule has 412 valence electrons. The Hall–Kier alpha value is -5.58. The van der Waals surface area contributed by atoms with E-state index in [1.54, 1.807) is 21.3 Å². The molecule has 6 aliphatic rings. The van der Waals surface area contributed by atoms with Crippen molar-refractivity contribution in [2.24, 2.45) is 17.8 Å². The van der Waals surface area contributed by atoms with Gasteiger partial charge in [-0.05, 0) is 144 Å². The SMILES string of the molecule is COc1cc(N2CCN(C(=O)[C@@H]3C[C@@H]3c3ccccc3)CC2)ccc1Br.COc1cc(N2CCN(C[C@@H]3C[C@@H]3c3ccccc3)CC2)ccc1Br.COc1cc(N2CCNCC2)ccc1Br.O=C(O)[C@@H]1C[C@@H]1c1ccccc1. The van der Waals surface area contributed by atoms with Gasteiger partial charge in [0.15, 0.2) is 0 Å². The van der Waals surface area contributed by atoms with Crippen LogP contribution in [0.4, 0.5) is 17.1 Å². The highest BCUT2D eigenvalue weighted by Gasteiger charge is 2.46. The number of carbonyl (C=O) groups excluding carboxylic acids is 1. The summed E-state index contributed by atoms with van der Waals surface area (Å²) in [6.07, 6.45) is 3.15. The Morgan fingerprint density at radius 2 is 0.872 bits per heavy atom. The predicted octanol–water partition coefficient (Wildman–Crippen LogP) is 12.0. The van der Waals surface area contributed by atoms with Crippen LogP contribution in [0.5, 0.6) is 17.2 Å². The van der Waals surface area contributed by atoms with Gasteiger partial charge in [-0.25, -0.2) is 0 Å². The molecule has 1 amide bonds. The zero-order chi connectivity index (χ0) is 54.5. The topological polar surface area (TPSA) is 110 Å². The second-order valence-electron chi connectivity index (χ2n) is 20.9. The minimum absolute atomic E-state index is 0.132. The van der Waals surface area contributed by atoms with Gasteiger partial charge in [0.05, 0.1) is 40.7 Å². The Bertz CT molecular complexity index is 2880. The highest BCUT2D eigenvalue weighted by atomic mass is 79.9. The number of hydrogen-bond donors (Lipinski definition) is 2. The fraction of sp³-hybridized carbons (Fsp3) is 0.397. The number of ether oxygens (including phenoxy) is 3. The number of hydrogen-bond acceptors (Lipinski definition) is 10. The van der Waals surface area contributed by atoms with Gasteiger partial charge in [-0.3, -0.25) is 14.5 Å². The molecule has 6 fully saturated rings. The first kappa shape index (κ1) is 57.1. The lowest BCUT2D eigenvalue weighted by molar-refractivity contribution is -0.138. The maximum atomic E-state index is 12.8. The number of halogens is 3. The van der Waals surface area contributed by atoms with Crippen LogP contribution in [0.2, 0.25) is 0 Å². The monoisotopic (exact) mass is 1250 g/mol. The summed E-state index contributed by atoms with van der Waals surface area (Å²) < 4.78 is 19.1. The van der Waals surface area contributed by atoms with Gasteiger partial charge in [0, 0.05) is 126 Å². The van der Waals surface area contributed by atoms with Crippen LogP contribution < -0.4 is 34.2 Å². The third kappa shape index (κ3) is 15.2. The Labute approximate surface area is 486 Å². The minimum atomic E-state index is -0.663. The number of rotatable bonds is 13. The minimum Gasteiger partial charge on any atom is -0.495 e. The number of methoxy groups -OCH3 is 3. The van der Waals surface area contributed by atoms with Crippen LogP contribution in [-0.4, -0.2) is 133 Å². The van der Waals surface area contributed by atoms with Crippen molar-refractivity contribution in [2.45, 2.75) is 37.0 Å². The number of carboxylic acid groups (broad SMARTS) is 1. The highest BCUT2D eigenvalue weighted by Crippen LogP contribution is 2.50. The van der Waals surface area contributed by atoms with E-state index in [-0.39, 0.29) is 17.8 Å². The van der Waals surface area contributed by atoms with Crippen LogP contribution in [0.1, 0.15) is 53.7 Å². The van der Waals surface area contributed by atoms with Gasteiger partial charge in [-0.15, -0.1) is 0 Å². The lowest BCUT2D eigenvalue weighted by atomic mass is 10.1. The van der Waals surface area contributed by atoms with Gasteiger partial charge in [-0.1, -0.05) is 91.0 Å². The number of nitrogens with zero attached hydrogens (tertiary/aromatic N) is 5. The summed E-state index contributed by atoms with van der Waals surface area (Å²) in [7, 11) is 5.10. The number of nitrogens with one attached hydrogen (secondary N) is 1. The van der Waals surface area contributed by atoms with Crippen molar-refractivity contribution in [1.82, 2.24) is 15.1 Å². The van der Waals surface area contributed by atoms with Crippen molar-refractivity contribution < 1.29 is 28.9 Å². The zero-order valence-corrected chi connectivity index (χ0v) is 49.8. The summed E-state index contributed by atoms with van der Waals surface area (Å²) in [5.41, 5.74) is 7.61. The third-order valence-corrected chi connectivity index (χ3v) is 17.9. The molecule has 3 saturated heterocycles. The van der Waals surface area contributed by atoms with E-state index in [0.29, 0.717) is 11.8 Å². The van der Waals surface area contributed by atoms with E-state index in [9.17, 15) is 9.59 Å². The molecule has 12 rings (SSSR count).